The van der Waals surface area contributed by atoms with Crippen LogP contribution in [0.5, 0.6) is 11.5 Å². The largest absolute Gasteiger partial charge is 0.497 e. The predicted molar refractivity (Wildman–Crippen MR) is 118 cm³/mol. The lowest BCUT2D eigenvalue weighted by Gasteiger charge is -2.23. The first-order chi connectivity index (χ1) is 14.1. The van der Waals surface area contributed by atoms with Crippen molar-refractivity contribution in [2.75, 3.05) is 37.0 Å². The minimum Gasteiger partial charge on any atom is -0.497 e. The predicted octanol–water partition coefficient (Wildman–Crippen LogP) is 4.75. The Balaban J connectivity index is 1.63. The summed E-state index contributed by atoms with van der Waals surface area (Å²) in [6.45, 7) is 8.13. The van der Waals surface area contributed by atoms with Crippen LogP contribution in [-0.4, -0.2) is 36.8 Å². The van der Waals surface area contributed by atoms with Crippen molar-refractivity contribution in [3.63, 3.8) is 0 Å². The van der Waals surface area contributed by atoms with Gasteiger partial charge in [0.05, 0.1) is 13.7 Å². The average molecular weight is 393 g/mol. The van der Waals surface area contributed by atoms with Crippen molar-refractivity contribution in [2.45, 2.75) is 20.8 Å². The van der Waals surface area contributed by atoms with Crippen molar-refractivity contribution in [1.29, 1.82) is 0 Å². The molecule has 3 aromatic rings. The number of aryl methyl sites for hydroxylation is 2. The van der Waals surface area contributed by atoms with Crippen molar-refractivity contribution in [1.82, 2.24) is 9.97 Å². The molecule has 0 saturated heterocycles. The highest BCUT2D eigenvalue weighted by atomic mass is 16.5. The summed E-state index contributed by atoms with van der Waals surface area (Å²) >= 11 is 0. The third-order valence-corrected chi connectivity index (χ3v) is 4.46. The van der Waals surface area contributed by atoms with E-state index in [0.29, 0.717) is 19.1 Å². The van der Waals surface area contributed by atoms with E-state index in [2.05, 4.69) is 53.3 Å². The Hall–Kier alpha value is -3.28. The van der Waals surface area contributed by atoms with E-state index in [-0.39, 0.29) is 0 Å². The normalized spacial score (nSPS) is 10.5. The molecule has 2 aromatic carbocycles. The Labute approximate surface area is 172 Å². The number of hydrogen-bond acceptors (Lipinski definition) is 6. The van der Waals surface area contributed by atoms with Crippen LogP contribution in [0.25, 0.3) is 0 Å². The fraction of sp³-hybridized carbons (Fsp3) is 0.304. The second-order valence-electron chi connectivity index (χ2n) is 6.73. The highest BCUT2D eigenvalue weighted by molar-refractivity contribution is 5.61. The molecule has 3 rings (SSSR count). The van der Waals surface area contributed by atoms with Gasteiger partial charge in [0.2, 0.25) is 5.95 Å². The molecular weight excluding hydrogens is 364 g/mol. The lowest BCUT2D eigenvalue weighted by atomic mass is 10.2. The summed E-state index contributed by atoms with van der Waals surface area (Å²) in [5, 5.41) is 3.26. The zero-order valence-electron chi connectivity index (χ0n) is 17.5. The quantitative estimate of drug-likeness (QED) is 0.530. The van der Waals surface area contributed by atoms with Crippen LogP contribution in [0.1, 0.15) is 18.2 Å². The maximum atomic E-state index is 5.75. The van der Waals surface area contributed by atoms with Crippen LogP contribution in [0.15, 0.2) is 54.6 Å². The molecule has 0 aliphatic carbocycles. The van der Waals surface area contributed by atoms with Gasteiger partial charge < -0.3 is 19.7 Å². The van der Waals surface area contributed by atoms with Crippen LogP contribution in [0.4, 0.5) is 17.5 Å². The summed E-state index contributed by atoms with van der Waals surface area (Å²) in [5.74, 6) is 3.09. The monoisotopic (exact) mass is 392 g/mol. The Morgan fingerprint density at radius 1 is 0.966 bits per heavy atom. The Kier molecular flexibility index (Phi) is 6.89. The van der Waals surface area contributed by atoms with Gasteiger partial charge in [-0.1, -0.05) is 12.1 Å². The molecule has 6 heteroatoms. The van der Waals surface area contributed by atoms with E-state index in [1.54, 1.807) is 7.11 Å². The van der Waals surface area contributed by atoms with Gasteiger partial charge in [-0.2, -0.15) is 4.98 Å². The summed E-state index contributed by atoms with van der Waals surface area (Å²) in [7, 11) is 1.65. The van der Waals surface area contributed by atoms with Crippen LogP contribution < -0.4 is 19.7 Å². The van der Waals surface area contributed by atoms with Gasteiger partial charge in [0, 0.05) is 24.0 Å². The second-order valence-corrected chi connectivity index (χ2v) is 6.73. The maximum Gasteiger partial charge on any atom is 0.224 e. The maximum absolute atomic E-state index is 5.75. The van der Waals surface area contributed by atoms with E-state index in [1.807, 2.05) is 37.3 Å². The lowest BCUT2D eigenvalue weighted by molar-refractivity contribution is 0.331. The summed E-state index contributed by atoms with van der Waals surface area (Å²) in [6, 6.07) is 18.0. The molecule has 0 unspecified atom stereocenters. The number of benzene rings is 2. The van der Waals surface area contributed by atoms with Gasteiger partial charge in [-0.15, -0.1) is 0 Å². The molecule has 6 nitrogen and oxygen atoms in total. The van der Waals surface area contributed by atoms with Gasteiger partial charge in [0.15, 0.2) is 0 Å². The van der Waals surface area contributed by atoms with Crippen LogP contribution in [0, 0.1) is 13.8 Å². The molecule has 29 heavy (non-hydrogen) atoms. The van der Waals surface area contributed by atoms with E-state index >= 15 is 0 Å². The average Bonchev–Trinajstić information content (AvgIpc) is 2.72. The van der Waals surface area contributed by atoms with E-state index in [1.165, 1.54) is 5.56 Å². The molecule has 0 atom stereocenters. The van der Waals surface area contributed by atoms with Gasteiger partial charge in [-0.05, 0) is 62.7 Å². The number of nitrogens with one attached hydrogen (secondary N) is 1. The highest BCUT2D eigenvalue weighted by Gasteiger charge is 2.11. The van der Waals surface area contributed by atoms with E-state index < -0.39 is 0 Å². The molecule has 0 aliphatic heterocycles. The van der Waals surface area contributed by atoms with Crippen molar-refractivity contribution in [2.24, 2.45) is 0 Å². The van der Waals surface area contributed by atoms with Crippen LogP contribution in [0.3, 0.4) is 0 Å². The van der Waals surface area contributed by atoms with Gasteiger partial charge in [-0.3, -0.25) is 0 Å². The standard InChI is InChI=1S/C23H28N4O2/c1-5-27(19-8-6-7-17(2)15-19)22-16-18(3)25-23(26-22)24-13-14-29-21-11-9-20(28-4)10-12-21/h6-12,15-16H,5,13-14H2,1-4H3,(H,24,25,26). The number of rotatable bonds is 9. The second kappa shape index (κ2) is 9.78. The van der Waals surface area contributed by atoms with Crippen molar-refractivity contribution in [3.8, 4) is 11.5 Å². The Morgan fingerprint density at radius 2 is 1.72 bits per heavy atom. The number of ether oxygens (including phenoxy) is 2. The van der Waals surface area contributed by atoms with Gasteiger partial charge in [0.1, 0.15) is 23.9 Å². The fourth-order valence-electron chi connectivity index (χ4n) is 3.05. The van der Waals surface area contributed by atoms with E-state index in [9.17, 15) is 0 Å². The van der Waals surface area contributed by atoms with Gasteiger partial charge in [0.25, 0.3) is 0 Å². The van der Waals surface area contributed by atoms with Gasteiger partial charge >= 0.3 is 0 Å². The van der Waals surface area contributed by atoms with Gasteiger partial charge in [-0.25, -0.2) is 4.98 Å². The summed E-state index contributed by atoms with van der Waals surface area (Å²) in [6.07, 6.45) is 0. The molecule has 1 N–H and O–H groups in total. The minimum atomic E-state index is 0.508. The summed E-state index contributed by atoms with van der Waals surface area (Å²) in [4.78, 5) is 11.4. The zero-order chi connectivity index (χ0) is 20.6. The van der Waals surface area contributed by atoms with Crippen molar-refractivity contribution >= 4 is 17.5 Å². The molecule has 0 radical (unpaired) electrons. The van der Waals surface area contributed by atoms with Crippen LogP contribution in [-0.2, 0) is 0 Å². The van der Waals surface area contributed by atoms with Crippen LogP contribution >= 0.6 is 0 Å². The smallest absolute Gasteiger partial charge is 0.224 e. The van der Waals surface area contributed by atoms with E-state index in [4.69, 9.17) is 14.5 Å². The first-order valence-electron chi connectivity index (χ1n) is 9.79. The number of methoxy groups -OCH3 is 1. The SMILES string of the molecule is CCN(c1cccc(C)c1)c1cc(C)nc(NCCOc2ccc(OC)cc2)n1. The number of aromatic nitrogens is 2. The van der Waals surface area contributed by atoms with Crippen LogP contribution in [0.2, 0.25) is 0 Å². The third-order valence-electron chi connectivity index (χ3n) is 4.46. The number of nitrogens with zero attached hydrogens (tertiary/aromatic N) is 3. The molecule has 1 heterocycles. The fourth-order valence-corrected chi connectivity index (χ4v) is 3.05. The molecule has 152 valence electrons. The molecule has 0 bridgehead atoms. The highest BCUT2D eigenvalue weighted by Crippen LogP contribution is 2.25. The number of hydrogen-bond donors (Lipinski definition) is 1. The van der Waals surface area contributed by atoms with E-state index in [0.717, 1.165) is 35.2 Å². The van der Waals surface area contributed by atoms with Crippen molar-refractivity contribution < 1.29 is 9.47 Å². The summed E-state index contributed by atoms with van der Waals surface area (Å²) < 4.78 is 10.9. The topological polar surface area (TPSA) is 59.5 Å². The molecule has 0 fully saturated rings. The molecule has 0 amide bonds. The zero-order valence-corrected chi connectivity index (χ0v) is 17.5. The Bertz CT molecular complexity index is 928. The summed E-state index contributed by atoms with van der Waals surface area (Å²) in [5.41, 5.74) is 3.26. The molecular formula is C23H28N4O2. The molecule has 0 spiro atoms. The molecule has 0 aliphatic rings. The van der Waals surface area contributed by atoms with Crippen molar-refractivity contribution in [3.05, 3.63) is 65.9 Å². The minimum absolute atomic E-state index is 0.508. The molecule has 0 saturated carbocycles. The first kappa shape index (κ1) is 20.5. The third kappa shape index (κ3) is 5.60. The number of anilines is 3. The molecule has 1 aromatic heterocycles. The first-order valence-corrected chi connectivity index (χ1v) is 9.79. The Morgan fingerprint density at radius 3 is 2.41 bits per heavy atom. The lowest BCUT2D eigenvalue weighted by Crippen LogP contribution is -2.20.